The molecule has 5 heteroatoms. The predicted molar refractivity (Wildman–Crippen MR) is 91.6 cm³/mol. The predicted octanol–water partition coefficient (Wildman–Crippen LogP) is 3.31. The molecular formula is C19H20N4O. The van der Waals surface area contributed by atoms with Crippen molar-refractivity contribution in [2.24, 2.45) is 5.92 Å². The van der Waals surface area contributed by atoms with E-state index in [2.05, 4.69) is 15.9 Å². The number of hydrogen-bond donors (Lipinski definition) is 1. The molecular weight excluding hydrogens is 300 g/mol. The molecule has 2 fully saturated rings. The smallest absolute Gasteiger partial charge is 0.0927 e. The Hall–Kier alpha value is -2.27. The highest BCUT2D eigenvalue weighted by Crippen LogP contribution is 2.45. The summed E-state index contributed by atoms with van der Waals surface area (Å²) >= 11 is 0. The molecule has 2 aliphatic rings. The quantitative estimate of drug-likeness (QED) is 0.801. The lowest BCUT2D eigenvalue weighted by Crippen LogP contribution is -2.29. The van der Waals surface area contributed by atoms with Crippen molar-refractivity contribution in [3.8, 4) is 11.3 Å². The lowest BCUT2D eigenvalue weighted by molar-refractivity contribution is 0.105. The molecule has 5 rings (SSSR count). The molecule has 3 aromatic rings. The van der Waals surface area contributed by atoms with E-state index >= 15 is 0 Å². The summed E-state index contributed by atoms with van der Waals surface area (Å²) in [5.74, 6) is 1.01. The molecule has 0 spiro atoms. The molecule has 2 aromatic heterocycles. The standard InChI is InChI=1S/C19H20N4O/c24-11-12-7-14(8-12)23-10-15(19(22-23)13-5-6-13)18-9-20-16-3-1-2-4-17(16)21-18/h1-4,9-10,12-14,24H,5-8,11H2. The second-order valence-electron chi connectivity index (χ2n) is 7.10. The first kappa shape index (κ1) is 14.1. The Labute approximate surface area is 140 Å². The van der Waals surface area contributed by atoms with Gasteiger partial charge in [-0.25, -0.2) is 4.98 Å². The van der Waals surface area contributed by atoms with E-state index in [4.69, 9.17) is 10.1 Å². The maximum Gasteiger partial charge on any atom is 0.0927 e. The molecule has 5 nitrogen and oxygen atoms in total. The van der Waals surface area contributed by atoms with Crippen molar-refractivity contribution >= 4 is 11.0 Å². The Bertz CT molecular complexity index is 893. The number of benzene rings is 1. The van der Waals surface area contributed by atoms with Gasteiger partial charge in [0.05, 0.1) is 34.7 Å². The van der Waals surface area contributed by atoms with Crippen LogP contribution in [0.1, 0.15) is 43.3 Å². The van der Waals surface area contributed by atoms with Crippen molar-refractivity contribution in [1.29, 1.82) is 0 Å². The highest BCUT2D eigenvalue weighted by Gasteiger charge is 2.34. The highest BCUT2D eigenvalue weighted by molar-refractivity contribution is 5.77. The highest BCUT2D eigenvalue weighted by atomic mass is 16.3. The largest absolute Gasteiger partial charge is 0.396 e. The molecule has 2 saturated carbocycles. The molecule has 0 amide bonds. The van der Waals surface area contributed by atoms with Crippen LogP contribution in [0, 0.1) is 5.92 Å². The topological polar surface area (TPSA) is 63.8 Å². The van der Waals surface area contributed by atoms with E-state index in [9.17, 15) is 5.11 Å². The number of aliphatic hydroxyl groups excluding tert-OH is 1. The van der Waals surface area contributed by atoms with E-state index < -0.39 is 0 Å². The van der Waals surface area contributed by atoms with Crippen LogP contribution in [0.2, 0.25) is 0 Å². The first-order chi connectivity index (χ1) is 11.8. The number of aromatic nitrogens is 4. The summed E-state index contributed by atoms with van der Waals surface area (Å²) in [4.78, 5) is 9.37. The van der Waals surface area contributed by atoms with Crippen LogP contribution in [0.5, 0.6) is 0 Å². The third-order valence-corrected chi connectivity index (χ3v) is 5.29. The Morgan fingerprint density at radius 3 is 2.67 bits per heavy atom. The van der Waals surface area contributed by atoms with Crippen molar-refractivity contribution in [1.82, 2.24) is 19.7 Å². The third kappa shape index (κ3) is 2.31. The molecule has 0 atom stereocenters. The molecule has 0 unspecified atom stereocenters. The minimum absolute atomic E-state index is 0.288. The molecule has 0 saturated heterocycles. The summed E-state index contributed by atoms with van der Waals surface area (Å²) in [6, 6.07) is 8.39. The van der Waals surface area contributed by atoms with Crippen LogP contribution in [0.25, 0.3) is 22.3 Å². The number of para-hydroxylation sites is 2. The van der Waals surface area contributed by atoms with Gasteiger partial charge in [-0.1, -0.05) is 12.1 Å². The fraction of sp³-hybridized carbons (Fsp3) is 0.421. The van der Waals surface area contributed by atoms with E-state index in [-0.39, 0.29) is 6.61 Å². The summed E-state index contributed by atoms with van der Waals surface area (Å²) < 4.78 is 2.10. The van der Waals surface area contributed by atoms with Crippen LogP contribution in [-0.4, -0.2) is 31.5 Å². The molecule has 2 aliphatic carbocycles. The molecule has 0 aliphatic heterocycles. The molecule has 0 bridgehead atoms. The fourth-order valence-electron chi connectivity index (χ4n) is 3.60. The van der Waals surface area contributed by atoms with Gasteiger partial charge in [-0.2, -0.15) is 5.10 Å². The lowest BCUT2D eigenvalue weighted by Gasteiger charge is -2.34. The van der Waals surface area contributed by atoms with E-state index in [1.54, 1.807) is 0 Å². The van der Waals surface area contributed by atoms with Gasteiger partial charge in [-0.15, -0.1) is 0 Å². The van der Waals surface area contributed by atoms with Crippen molar-refractivity contribution < 1.29 is 5.11 Å². The summed E-state index contributed by atoms with van der Waals surface area (Å²) in [5.41, 5.74) is 5.06. The van der Waals surface area contributed by atoms with Gasteiger partial charge in [-0.05, 0) is 43.7 Å². The number of hydrogen-bond acceptors (Lipinski definition) is 4. The Balaban J connectivity index is 1.54. The maximum absolute atomic E-state index is 9.24. The van der Waals surface area contributed by atoms with Gasteiger partial charge < -0.3 is 5.11 Å². The molecule has 1 aromatic carbocycles. The van der Waals surface area contributed by atoms with Crippen molar-refractivity contribution in [3.05, 3.63) is 42.4 Å². The summed E-state index contributed by atoms with van der Waals surface area (Å²) in [5, 5.41) is 14.1. The second kappa shape index (κ2) is 5.38. The number of aliphatic hydroxyl groups is 1. The summed E-state index contributed by atoms with van der Waals surface area (Å²) in [6.07, 6.45) is 8.48. The van der Waals surface area contributed by atoms with E-state index in [1.165, 1.54) is 18.5 Å². The Morgan fingerprint density at radius 1 is 1.12 bits per heavy atom. The Kier molecular flexibility index (Phi) is 3.16. The minimum Gasteiger partial charge on any atom is -0.396 e. The molecule has 2 heterocycles. The zero-order valence-electron chi connectivity index (χ0n) is 13.5. The van der Waals surface area contributed by atoms with Gasteiger partial charge in [0, 0.05) is 24.3 Å². The van der Waals surface area contributed by atoms with Crippen molar-refractivity contribution in [3.63, 3.8) is 0 Å². The average molecular weight is 320 g/mol. The van der Waals surface area contributed by atoms with Crippen LogP contribution in [0.4, 0.5) is 0 Å². The summed E-state index contributed by atoms with van der Waals surface area (Å²) in [7, 11) is 0. The molecule has 1 N–H and O–H groups in total. The van der Waals surface area contributed by atoms with E-state index in [0.29, 0.717) is 17.9 Å². The van der Waals surface area contributed by atoms with Crippen LogP contribution >= 0.6 is 0 Å². The first-order valence-electron chi connectivity index (χ1n) is 8.74. The van der Waals surface area contributed by atoms with E-state index in [1.807, 2.05) is 30.5 Å². The van der Waals surface area contributed by atoms with Gasteiger partial charge >= 0.3 is 0 Å². The van der Waals surface area contributed by atoms with Crippen LogP contribution in [0.3, 0.4) is 0 Å². The number of rotatable bonds is 4. The lowest BCUT2D eigenvalue weighted by atomic mass is 9.81. The van der Waals surface area contributed by atoms with Gasteiger partial charge in [0.2, 0.25) is 0 Å². The summed E-state index contributed by atoms with van der Waals surface area (Å²) in [6.45, 7) is 0.288. The van der Waals surface area contributed by atoms with Gasteiger partial charge in [0.15, 0.2) is 0 Å². The van der Waals surface area contributed by atoms with Crippen LogP contribution < -0.4 is 0 Å². The van der Waals surface area contributed by atoms with E-state index in [0.717, 1.165) is 35.1 Å². The molecule has 122 valence electrons. The second-order valence-corrected chi connectivity index (χ2v) is 7.10. The maximum atomic E-state index is 9.24. The molecule has 0 radical (unpaired) electrons. The van der Waals surface area contributed by atoms with Crippen molar-refractivity contribution in [2.75, 3.05) is 6.61 Å². The zero-order valence-corrected chi connectivity index (χ0v) is 13.5. The van der Waals surface area contributed by atoms with Crippen LogP contribution in [0.15, 0.2) is 36.7 Å². The Morgan fingerprint density at radius 2 is 1.92 bits per heavy atom. The monoisotopic (exact) mass is 320 g/mol. The normalized spacial score (nSPS) is 23.4. The first-order valence-corrected chi connectivity index (χ1v) is 8.74. The van der Waals surface area contributed by atoms with Gasteiger partial charge in [0.25, 0.3) is 0 Å². The average Bonchev–Trinajstić information content (AvgIpc) is 3.33. The number of nitrogens with zero attached hydrogens (tertiary/aromatic N) is 4. The van der Waals surface area contributed by atoms with Crippen molar-refractivity contribution in [2.45, 2.75) is 37.6 Å². The SMILES string of the molecule is OCC1CC(n2cc(-c3cnc4ccccc4n3)c(C3CC3)n2)C1. The van der Waals surface area contributed by atoms with Crippen LogP contribution in [-0.2, 0) is 0 Å². The molecule has 24 heavy (non-hydrogen) atoms. The van der Waals surface area contributed by atoms with Gasteiger partial charge in [0.1, 0.15) is 0 Å². The minimum atomic E-state index is 0.288. The van der Waals surface area contributed by atoms with Gasteiger partial charge in [-0.3, -0.25) is 9.67 Å². The fourth-order valence-corrected chi connectivity index (χ4v) is 3.60. The number of fused-ring (bicyclic) bond motifs is 1. The zero-order chi connectivity index (χ0) is 16.1. The third-order valence-electron chi connectivity index (χ3n) is 5.29.